The number of thiophene rings is 1. The van der Waals surface area contributed by atoms with Crippen LogP contribution in [-0.2, 0) is 0 Å². The summed E-state index contributed by atoms with van der Waals surface area (Å²) in [5.41, 5.74) is 1.62. The van der Waals surface area contributed by atoms with Crippen molar-refractivity contribution < 1.29 is 8.78 Å². The van der Waals surface area contributed by atoms with E-state index in [9.17, 15) is 13.6 Å². The minimum atomic E-state index is -0.393. The zero-order chi connectivity index (χ0) is 17.6. The van der Waals surface area contributed by atoms with E-state index in [1.165, 1.54) is 52.3 Å². The first-order valence-corrected chi connectivity index (χ1v) is 8.62. The Balaban J connectivity index is 2.02. The van der Waals surface area contributed by atoms with E-state index in [1.54, 1.807) is 12.1 Å². The highest BCUT2D eigenvalue weighted by Gasteiger charge is 2.15. The van der Waals surface area contributed by atoms with Gasteiger partial charge in [-0.15, -0.1) is 11.3 Å². The quantitative estimate of drug-likeness (QED) is 0.500. The van der Waals surface area contributed by atoms with Gasteiger partial charge in [0.15, 0.2) is 4.77 Å². The Labute approximate surface area is 149 Å². The Morgan fingerprint density at radius 2 is 1.56 bits per heavy atom. The van der Waals surface area contributed by atoms with Crippen molar-refractivity contribution in [2.75, 3.05) is 0 Å². The minimum absolute atomic E-state index is 0.233. The molecule has 0 radical (unpaired) electrons. The number of benzene rings is 2. The van der Waals surface area contributed by atoms with Crippen LogP contribution in [0.2, 0.25) is 0 Å². The van der Waals surface area contributed by atoms with Crippen molar-refractivity contribution in [1.82, 2.24) is 9.55 Å². The van der Waals surface area contributed by atoms with Crippen LogP contribution in [0, 0.1) is 16.4 Å². The van der Waals surface area contributed by atoms with Crippen molar-refractivity contribution in [3.8, 4) is 16.8 Å². The smallest absolute Gasteiger partial charge is 0.268 e. The van der Waals surface area contributed by atoms with Crippen molar-refractivity contribution in [2.45, 2.75) is 0 Å². The van der Waals surface area contributed by atoms with Gasteiger partial charge in [-0.05, 0) is 54.2 Å². The number of hydrogen-bond donors (Lipinski definition) is 1. The highest BCUT2D eigenvalue weighted by Crippen LogP contribution is 2.31. The molecule has 0 amide bonds. The second-order valence-electron chi connectivity index (χ2n) is 5.41. The first kappa shape index (κ1) is 15.9. The van der Waals surface area contributed by atoms with Crippen LogP contribution in [0.15, 0.2) is 58.7 Å². The van der Waals surface area contributed by atoms with E-state index in [-0.39, 0.29) is 16.1 Å². The first-order chi connectivity index (χ1) is 12.0. The summed E-state index contributed by atoms with van der Waals surface area (Å²) in [6, 6.07) is 11.5. The summed E-state index contributed by atoms with van der Waals surface area (Å²) in [5, 5.41) is 2.30. The van der Waals surface area contributed by atoms with Crippen molar-refractivity contribution in [1.29, 1.82) is 0 Å². The Bertz CT molecular complexity index is 1190. The third kappa shape index (κ3) is 2.71. The lowest BCUT2D eigenvalue weighted by molar-refractivity contribution is 0.627. The lowest BCUT2D eigenvalue weighted by atomic mass is 10.1. The average Bonchev–Trinajstić information content (AvgIpc) is 3.01. The molecular weight excluding hydrogens is 362 g/mol. The van der Waals surface area contributed by atoms with E-state index in [0.717, 1.165) is 5.56 Å². The fraction of sp³-hybridized carbons (Fsp3) is 0. The predicted molar refractivity (Wildman–Crippen MR) is 98.0 cm³/mol. The molecule has 0 aliphatic rings. The summed E-state index contributed by atoms with van der Waals surface area (Å²) in [4.78, 5) is 16.8. The number of nitrogens with zero attached hydrogens (tertiary/aromatic N) is 1. The maximum absolute atomic E-state index is 13.2. The van der Waals surface area contributed by atoms with Gasteiger partial charge >= 0.3 is 0 Å². The van der Waals surface area contributed by atoms with Gasteiger partial charge in [0.1, 0.15) is 16.5 Å². The molecule has 4 rings (SSSR count). The van der Waals surface area contributed by atoms with Gasteiger partial charge in [-0.2, -0.15) is 0 Å². The minimum Gasteiger partial charge on any atom is -0.323 e. The topological polar surface area (TPSA) is 37.8 Å². The summed E-state index contributed by atoms with van der Waals surface area (Å²) >= 11 is 6.65. The first-order valence-electron chi connectivity index (χ1n) is 7.33. The maximum Gasteiger partial charge on any atom is 0.268 e. The molecule has 0 saturated heterocycles. The normalized spacial score (nSPS) is 11.1. The van der Waals surface area contributed by atoms with E-state index in [1.807, 2.05) is 5.38 Å². The molecule has 2 heterocycles. The van der Waals surface area contributed by atoms with Gasteiger partial charge in [-0.3, -0.25) is 9.36 Å². The zero-order valence-electron chi connectivity index (χ0n) is 12.6. The number of hydrogen-bond acceptors (Lipinski definition) is 3. The standard InChI is InChI=1S/C18H10F2N2OS2/c19-11-3-1-10(2-4-11)14-9-25-16-15(14)17(23)22(18(24)21-16)13-7-5-12(20)6-8-13/h1-9H,(H,21,24). The van der Waals surface area contributed by atoms with Crippen molar-refractivity contribution in [3.63, 3.8) is 0 Å². The van der Waals surface area contributed by atoms with E-state index >= 15 is 0 Å². The van der Waals surface area contributed by atoms with Crippen molar-refractivity contribution >= 4 is 33.8 Å². The largest absolute Gasteiger partial charge is 0.323 e. The molecule has 0 atom stereocenters. The van der Waals surface area contributed by atoms with Crippen LogP contribution >= 0.6 is 23.6 Å². The van der Waals surface area contributed by atoms with Crippen molar-refractivity contribution in [3.05, 3.63) is 80.7 Å². The van der Waals surface area contributed by atoms with Crippen LogP contribution in [-0.4, -0.2) is 9.55 Å². The van der Waals surface area contributed by atoms with E-state index in [4.69, 9.17) is 12.2 Å². The molecule has 7 heteroatoms. The Kier molecular flexibility index (Phi) is 3.82. The molecule has 1 N–H and O–H groups in total. The second-order valence-corrected chi connectivity index (χ2v) is 6.67. The second kappa shape index (κ2) is 6.02. The van der Waals surface area contributed by atoms with E-state index in [2.05, 4.69) is 4.98 Å². The van der Waals surface area contributed by atoms with Gasteiger partial charge in [-0.25, -0.2) is 8.78 Å². The molecule has 0 bridgehead atoms. The summed E-state index contributed by atoms with van der Waals surface area (Å²) < 4.78 is 27.9. The van der Waals surface area contributed by atoms with Gasteiger partial charge in [0.25, 0.3) is 5.56 Å². The van der Waals surface area contributed by atoms with Gasteiger partial charge in [-0.1, -0.05) is 12.1 Å². The fourth-order valence-electron chi connectivity index (χ4n) is 2.69. The van der Waals surface area contributed by atoms with Crippen LogP contribution in [0.1, 0.15) is 0 Å². The molecule has 2 aromatic heterocycles. The summed E-state index contributed by atoms with van der Waals surface area (Å²) in [7, 11) is 0. The number of halogens is 2. The van der Waals surface area contributed by atoms with Gasteiger partial charge < -0.3 is 4.98 Å². The average molecular weight is 372 g/mol. The van der Waals surface area contributed by atoms with Crippen molar-refractivity contribution in [2.24, 2.45) is 0 Å². The molecule has 0 aliphatic carbocycles. The SMILES string of the molecule is O=c1c2c(-c3ccc(F)cc3)csc2[nH]c(=S)n1-c1ccc(F)cc1. The van der Waals surface area contributed by atoms with Crippen LogP contribution in [0.5, 0.6) is 0 Å². The van der Waals surface area contributed by atoms with Crippen LogP contribution in [0.4, 0.5) is 8.78 Å². The Morgan fingerprint density at radius 1 is 0.960 bits per heavy atom. The monoisotopic (exact) mass is 372 g/mol. The lowest BCUT2D eigenvalue weighted by Gasteiger charge is -2.07. The number of aromatic amines is 1. The summed E-state index contributed by atoms with van der Waals surface area (Å²) in [6.45, 7) is 0. The molecule has 0 saturated carbocycles. The predicted octanol–water partition coefficient (Wildman–Crippen LogP) is 5.05. The number of nitrogens with one attached hydrogen (secondary N) is 1. The number of aromatic nitrogens is 2. The van der Waals surface area contributed by atoms with Gasteiger partial charge in [0, 0.05) is 10.9 Å². The van der Waals surface area contributed by atoms with E-state index < -0.39 is 5.82 Å². The molecule has 25 heavy (non-hydrogen) atoms. The third-order valence-electron chi connectivity index (χ3n) is 3.87. The number of H-pyrrole nitrogens is 1. The van der Waals surface area contributed by atoms with Gasteiger partial charge in [0.2, 0.25) is 0 Å². The third-order valence-corrected chi connectivity index (χ3v) is 5.05. The number of fused-ring (bicyclic) bond motifs is 1. The van der Waals surface area contributed by atoms with Crippen LogP contribution in [0.3, 0.4) is 0 Å². The molecular formula is C18H10F2N2OS2. The summed E-state index contributed by atoms with van der Waals surface area (Å²) in [5.74, 6) is -0.735. The molecule has 0 spiro atoms. The highest BCUT2D eigenvalue weighted by atomic mass is 32.1. The molecule has 2 aromatic carbocycles. The molecule has 3 nitrogen and oxygen atoms in total. The summed E-state index contributed by atoms with van der Waals surface area (Å²) in [6.07, 6.45) is 0. The van der Waals surface area contributed by atoms with Crippen LogP contribution in [0.25, 0.3) is 27.0 Å². The molecule has 124 valence electrons. The molecule has 4 aromatic rings. The van der Waals surface area contributed by atoms with Crippen LogP contribution < -0.4 is 5.56 Å². The molecule has 0 aliphatic heterocycles. The highest BCUT2D eigenvalue weighted by molar-refractivity contribution is 7.71. The Morgan fingerprint density at radius 3 is 2.20 bits per heavy atom. The molecule has 0 fully saturated rings. The Hall–Kier alpha value is -2.64. The lowest BCUT2D eigenvalue weighted by Crippen LogP contribution is -2.20. The fourth-order valence-corrected chi connectivity index (χ4v) is 4.00. The zero-order valence-corrected chi connectivity index (χ0v) is 14.3. The molecule has 0 unspecified atom stereocenters. The van der Waals surface area contributed by atoms with E-state index in [0.29, 0.717) is 21.5 Å². The number of rotatable bonds is 2. The van der Waals surface area contributed by atoms with Gasteiger partial charge in [0.05, 0.1) is 11.1 Å². The maximum atomic E-state index is 13.2.